The fourth-order valence-corrected chi connectivity index (χ4v) is 11.4. The van der Waals surface area contributed by atoms with E-state index in [0.717, 1.165) is 5.56 Å². The summed E-state index contributed by atoms with van der Waals surface area (Å²) < 4.78 is 12.2. The molecule has 200 valence electrons. The van der Waals surface area contributed by atoms with E-state index in [1.807, 2.05) is 6.07 Å². The van der Waals surface area contributed by atoms with Gasteiger partial charge in [0.1, 0.15) is 17.3 Å². The number of aliphatic hydroxyl groups excluding tert-OH is 1. The first-order valence-corrected chi connectivity index (χ1v) is 15.4. The van der Waals surface area contributed by atoms with E-state index in [-0.39, 0.29) is 19.5 Å². The maximum atomic E-state index is 12.5. The molecular weight excluding hydrogens is 482 g/mol. The highest BCUT2D eigenvalue weighted by Crippen LogP contribution is 2.43. The zero-order valence-electron chi connectivity index (χ0n) is 23.0. The Morgan fingerprint density at radius 1 is 1.17 bits per heavy atom. The van der Waals surface area contributed by atoms with Gasteiger partial charge in [-0.15, -0.1) is 0 Å². The van der Waals surface area contributed by atoms with Gasteiger partial charge in [0.15, 0.2) is 8.32 Å². The standard InChI is InChI=1S/C27H46ClNO5Si/c1-18(2)35(19(3)4,20(5)6)33-15-12-21-16-22(28)10-11-23(21)27(32)13-14-29(17-24(27)30)25(31)34-26(7,8)9/h10-11,16,18-20,24,30,32H,12-15,17H2,1-9H3/t24-,27-/m0/s1. The second-order valence-electron chi connectivity index (χ2n) is 11.8. The van der Waals surface area contributed by atoms with Crippen molar-refractivity contribution in [3.8, 4) is 0 Å². The zero-order chi connectivity index (χ0) is 26.8. The summed E-state index contributed by atoms with van der Waals surface area (Å²) in [5.41, 5.74) is 0.830. The maximum Gasteiger partial charge on any atom is 0.410 e. The average Bonchev–Trinajstić information content (AvgIpc) is 2.71. The van der Waals surface area contributed by atoms with Crippen molar-refractivity contribution in [1.29, 1.82) is 0 Å². The highest BCUT2D eigenvalue weighted by atomic mass is 35.5. The van der Waals surface area contributed by atoms with Crippen LogP contribution in [0.1, 0.15) is 79.9 Å². The lowest BCUT2D eigenvalue weighted by Crippen LogP contribution is -2.56. The molecule has 0 bridgehead atoms. The minimum Gasteiger partial charge on any atom is -0.444 e. The first kappa shape index (κ1) is 30.1. The molecule has 0 aromatic heterocycles. The van der Waals surface area contributed by atoms with E-state index >= 15 is 0 Å². The second-order valence-corrected chi connectivity index (χ2v) is 17.7. The fourth-order valence-electron chi connectivity index (χ4n) is 5.76. The molecule has 1 heterocycles. The smallest absolute Gasteiger partial charge is 0.410 e. The predicted octanol–water partition coefficient (Wildman–Crippen LogP) is 6.26. The summed E-state index contributed by atoms with van der Waals surface area (Å²) in [6.07, 6.45) is -0.853. The molecule has 2 N–H and O–H groups in total. The first-order chi connectivity index (χ1) is 16.0. The molecule has 35 heavy (non-hydrogen) atoms. The number of aliphatic hydroxyl groups is 2. The van der Waals surface area contributed by atoms with Crippen molar-refractivity contribution in [2.45, 2.75) is 109 Å². The minimum atomic E-state index is -2.03. The van der Waals surface area contributed by atoms with Gasteiger partial charge in [-0.25, -0.2) is 4.79 Å². The van der Waals surface area contributed by atoms with Crippen LogP contribution in [0.4, 0.5) is 4.79 Å². The largest absolute Gasteiger partial charge is 0.444 e. The summed E-state index contributed by atoms with van der Waals surface area (Å²) in [7, 11) is -2.03. The van der Waals surface area contributed by atoms with E-state index in [9.17, 15) is 15.0 Å². The fraction of sp³-hybridized carbons (Fsp3) is 0.741. The van der Waals surface area contributed by atoms with Gasteiger partial charge in [0.05, 0.1) is 6.54 Å². The van der Waals surface area contributed by atoms with Gasteiger partial charge >= 0.3 is 6.09 Å². The molecule has 1 aliphatic heterocycles. The van der Waals surface area contributed by atoms with Crippen molar-refractivity contribution in [2.75, 3.05) is 19.7 Å². The van der Waals surface area contributed by atoms with E-state index in [1.165, 1.54) is 4.90 Å². The highest BCUT2D eigenvalue weighted by Gasteiger charge is 2.46. The van der Waals surface area contributed by atoms with Crippen molar-refractivity contribution in [3.05, 3.63) is 34.3 Å². The van der Waals surface area contributed by atoms with Crippen LogP contribution in [0, 0.1) is 0 Å². The number of likely N-dealkylation sites (tertiary alicyclic amines) is 1. The topological polar surface area (TPSA) is 79.2 Å². The number of hydrogen-bond acceptors (Lipinski definition) is 5. The van der Waals surface area contributed by atoms with Gasteiger partial charge in [0, 0.05) is 24.6 Å². The lowest BCUT2D eigenvalue weighted by Gasteiger charge is -2.44. The third-order valence-electron chi connectivity index (χ3n) is 7.32. The van der Waals surface area contributed by atoms with E-state index in [2.05, 4.69) is 41.5 Å². The number of ether oxygens (including phenoxy) is 1. The quantitative estimate of drug-likeness (QED) is 0.390. The molecule has 1 amide bonds. The second kappa shape index (κ2) is 11.5. The SMILES string of the molecule is CC(C)[Si](OCCc1cc(Cl)ccc1[C@@]1(O)CCN(C(=O)OC(C)(C)C)C[C@@H]1O)(C(C)C)C(C)C. The molecule has 1 aliphatic rings. The molecule has 0 saturated carbocycles. The van der Waals surface area contributed by atoms with Crippen molar-refractivity contribution in [3.63, 3.8) is 0 Å². The summed E-state index contributed by atoms with van der Waals surface area (Å²) >= 11 is 6.34. The molecule has 8 heteroatoms. The summed E-state index contributed by atoms with van der Waals surface area (Å²) in [6, 6.07) is 5.39. The Morgan fingerprint density at radius 3 is 2.23 bits per heavy atom. The van der Waals surface area contributed by atoms with E-state index in [4.69, 9.17) is 20.8 Å². The Hall–Kier alpha value is -1.12. The van der Waals surface area contributed by atoms with Crippen molar-refractivity contribution in [2.24, 2.45) is 0 Å². The van der Waals surface area contributed by atoms with Gasteiger partial charge in [-0.2, -0.15) is 0 Å². The molecule has 0 radical (unpaired) electrons. The molecule has 1 fully saturated rings. The number of halogens is 1. The molecule has 0 spiro atoms. The Morgan fingerprint density at radius 2 is 1.74 bits per heavy atom. The van der Waals surface area contributed by atoms with E-state index in [1.54, 1.807) is 32.9 Å². The van der Waals surface area contributed by atoms with Gasteiger partial charge in [-0.3, -0.25) is 0 Å². The highest BCUT2D eigenvalue weighted by molar-refractivity contribution is 6.77. The van der Waals surface area contributed by atoms with Crippen LogP contribution in [-0.4, -0.2) is 60.9 Å². The minimum absolute atomic E-state index is 0.00590. The summed E-state index contributed by atoms with van der Waals surface area (Å²) in [4.78, 5) is 14.0. The summed E-state index contributed by atoms with van der Waals surface area (Å²) in [5, 5.41) is 23.2. The van der Waals surface area contributed by atoms with Gasteiger partial charge in [0.25, 0.3) is 0 Å². The van der Waals surface area contributed by atoms with E-state index < -0.39 is 31.7 Å². The number of amides is 1. The number of carbonyl (C=O) groups excluding carboxylic acids is 1. The van der Waals surface area contributed by atoms with Crippen molar-refractivity contribution in [1.82, 2.24) is 4.90 Å². The van der Waals surface area contributed by atoms with Crippen molar-refractivity contribution >= 4 is 26.0 Å². The van der Waals surface area contributed by atoms with Crippen LogP contribution in [0.15, 0.2) is 18.2 Å². The van der Waals surface area contributed by atoms with Crippen LogP contribution in [-0.2, 0) is 21.2 Å². The Labute approximate surface area is 218 Å². The normalized spacial score (nSPS) is 21.8. The van der Waals surface area contributed by atoms with Gasteiger partial charge in [-0.1, -0.05) is 59.2 Å². The molecule has 2 atom stereocenters. The lowest BCUT2D eigenvalue weighted by atomic mass is 9.79. The number of rotatable bonds is 8. The van der Waals surface area contributed by atoms with Crippen LogP contribution in [0.5, 0.6) is 0 Å². The third kappa shape index (κ3) is 6.80. The third-order valence-corrected chi connectivity index (χ3v) is 13.7. The molecule has 1 aromatic rings. The van der Waals surface area contributed by atoms with Crippen LogP contribution < -0.4 is 0 Å². The Kier molecular flexibility index (Phi) is 9.90. The molecule has 0 aliphatic carbocycles. The Bertz CT molecular complexity index is 848. The van der Waals surface area contributed by atoms with Gasteiger partial charge < -0.3 is 24.3 Å². The van der Waals surface area contributed by atoms with Crippen molar-refractivity contribution < 1.29 is 24.2 Å². The van der Waals surface area contributed by atoms with Crippen LogP contribution in [0.25, 0.3) is 0 Å². The van der Waals surface area contributed by atoms with E-state index in [0.29, 0.717) is 40.2 Å². The van der Waals surface area contributed by atoms with Gasteiger partial charge in [0.2, 0.25) is 0 Å². The average molecular weight is 528 g/mol. The molecule has 1 saturated heterocycles. The monoisotopic (exact) mass is 527 g/mol. The number of benzene rings is 1. The van der Waals surface area contributed by atoms with Crippen LogP contribution in [0.2, 0.25) is 21.6 Å². The predicted molar refractivity (Wildman–Crippen MR) is 144 cm³/mol. The lowest BCUT2D eigenvalue weighted by molar-refractivity contribution is -0.123. The summed E-state index contributed by atoms with van der Waals surface area (Å²) in [5.74, 6) is 0. The summed E-state index contributed by atoms with van der Waals surface area (Å²) in [6.45, 7) is 19.8. The molecule has 0 unspecified atom stereocenters. The maximum absolute atomic E-state index is 12.5. The number of β-amino-alcohol motifs (C(OH)–C–C–N with tert-alkyl or cyclic N) is 1. The number of hydrogen-bond donors (Lipinski definition) is 2. The number of nitrogens with zero attached hydrogens (tertiary/aromatic N) is 1. The number of piperidine rings is 1. The molecule has 2 rings (SSSR count). The Balaban J connectivity index is 2.24. The molecule has 6 nitrogen and oxygen atoms in total. The van der Waals surface area contributed by atoms with Crippen LogP contribution in [0.3, 0.4) is 0 Å². The molecular formula is C27H46ClNO5Si. The molecule has 1 aromatic carbocycles. The van der Waals surface area contributed by atoms with Gasteiger partial charge in [-0.05, 0) is 67.1 Å². The first-order valence-electron chi connectivity index (χ1n) is 12.9. The van der Waals surface area contributed by atoms with Crippen LogP contribution >= 0.6 is 11.6 Å². The zero-order valence-corrected chi connectivity index (χ0v) is 24.8. The number of carbonyl (C=O) groups is 1.